The average molecular weight is 202 g/mol. The van der Waals surface area contributed by atoms with Gasteiger partial charge in [-0.2, -0.15) is 0 Å². The van der Waals surface area contributed by atoms with Crippen LogP contribution < -0.4 is 5.73 Å². The Bertz CT molecular complexity index is 458. The number of benzene rings is 1. The maximum Gasteiger partial charge on any atom is 0.170 e. The zero-order valence-electron chi connectivity index (χ0n) is 7.92. The second kappa shape index (κ2) is 3.88. The maximum absolute atomic E-state index is 8.49. The fourth-order valence-electron chi connectivity index (χ4n) is 1.31. The predicted octanol–water partition coefficient (Wildman–Crippen LogP) is 2.04. The molecule has 0 aliphatic carbocycles. The van der Waals surface area contributed by atoms with Crippen molar-refractivity contribution in [2.45, 2.75) is 0 Å². The zero-order valence-corrected chi connectivity index (χ0v) is 7.92. The van der Waals surface area contributed by atoms with E-state index in [4.69, 9.17) is 15.4 Å². The van der Waals surface area contributed by atoms with Crippen LogP contribution in [0.1, 0.15) is 5.56 Å². The predicted molar refractivity (Wildman–Crippen MR) is 56.7 cm³/mol. The fraction of sp³-hybridized carbons (Fsp3) is 0. The molecule has 0 bridgehead atoms. The summed E-state index contributed by atoms with van der Waals surface area (Å²) < 4.78 is 5.24. The summed E-state index contributed by atoms with van der Waals surface area (Å²) in [5.74, 6) is 0.891. The minimum Gasteiger partial charge on any atom is -0.464 e. The van der Waals surface area contributed by atoms with E-state index in [1.807, 2.05) is 24.3 Å². The Morgan fingerprint density at radius 3 is 2.47 bits per heavy atom. The monoisotopic (exact) mass is 202 g/mol. The highest BCUT2D eigenvalue weighted by atomic mass is 16.4. The summed E-state index contributed by atoms with van der Waals surface area (Å²) in [6.07, 6.45) is 1.62. The molecule has 2 aromatic rings. The van der Waals surface area contributed by atoms with Gasteiger partial charge in [0.2, 0.25) is 0 Å². The molecule has 0 unspecified atom stereocenters. The highest BCUT2D eigenvalue weighted by Crippen LogP contribution is 2.19. The normalized spacial score (nSPS) is 11.6. The molecule has 0 amide bonds. The minimum absolute atomic E-state index is 0.0981. The van der Waals surface area contributed by atoms with Gasteiger partial charge >= 0.3 is 0 Å². The third-order valence-electron chi connectivity index (χ3n) is 2.09. The lowest BCUT2D eigenvalue weighted by Gasteiger charge is -2.00. The van der Waals surface area contributed by atoms with Crippen molar-refractivity contribution in [1.82, 2.24) is 0 Å². The summed E-state index contributed by atoms with van der Waals surface area (Å²) >= 11 is 0. The summed E-state index contributed by atoms with van der Waals surface area (Å²) in [5.41, 5.74) is 7.07. The van der Waals surface area contributed by atoms with Gasteiger partial charge in [-0.1, -0.05) is 29.4 Å². The van der Waals surface area contributed by atoms with E-state index in [-0.39, 0.29) is 5.84 Å². The van der Waals surface area contributed by atoms with Gasteiger partial charge in [-0.15, -0.1) is 0 Å². The van der Waals surface area contributed by atoms with E-state index in [1.54, 1.807) is 18.4 Å². The summed E-state index contributed by atoms with van der Waals surface area (Å²) in [5, 5.41) is 11.4. The number of rotatable bonds is 2. The second-order valence-electron chi connectivity index (χ2n) is 3.04. The van der Waals surface area contributed by atoms with Gasteiger partial charge in [0.1, 0.15) is 5.76 Å². The van der Waals surface area contributed by atoms with Crippen molar-refractivity contribution in [3.05, 3.63) is 48.2 Å². The van der Waals surface area contributed by atoms with E-state index in [1.165, 1.54) is 0 Å². The molecule has 2 rings (SSSR count). The van der Waals surface area contributed by atoms with Gasteiger partial charge in [0.05, 0.1) is 6.26 Å². The Morgan fingerprint density at radius 2 is 1.93 bits per heavy atom. The van der Waals surface area contributed by atoms with Crippen LogP contribution >= 0.6 is 0 Å². The largest absolute Gasteiger partial charge is 0.464 e. The first-order valence-electron chi connectivity index (χ1n) is 4.43. The number of nitrogens with two attached hydrogens (primary N) is 1. The van der Waals surface area contributed by atoms with Gasteiger partial charge in [-0.05, 0) is 12.1 Å². The summed E-state index contributed by atoms with van der Waals surface area (Å²) in [6.45, 7) is 0. The molecule has 0 saturated heterocycles. The number of amidine groups is 1. The Balaban J connectivity index is 2.33. The van der Waals surface area contributed by atoms with Crippen molar-refractivity contribution in [3.8, 4) is 11.3 Å². The molecule has 0 spiro atoms. The minimum atomic E-state index is 0.0981. The maximum atomic E-state index is 8.49. The van der Waals surface area contributed by atoms with E-state index >= 15 is 0 Å². The first kappa shape index (κ1) is 9.33. The Hall–Kier alpha value is -2.23. The van der Waals surface area contributed by atoms with Gasteiger partial charge in [0.15, 0.2) is 5.84 Å². The molecule has 1 aromatic carbocycles. The summed E-state index contributed by atoms with van der Waals surface area (Å²) in [6, 6.07) is 10.9. The first-order valence-corrected chi connectivity index (χ1v) is 4.43. The quantitative estimate of drug-likeness (QED) is 0.339. The highest BCUT2D eigenvalue weighted by Gasteiger charge is 2.02. The third-order valence-corrected chi connectivity index (χ3v) is 2.09. The SMILES string of the molecule is N/C(=N/O)c1ccc(-c2ccco2)cc1. The molecular formula is C11H10N2O2. The van der Waals surface area contributed by atoms with Gasteiger partial charge in [0.25, 0.3) is 0 Å². The first-order chi connectivity index (χ1) is 7.31. The van der Waals surface area contributed by atoms with E-state index < -0.39 is 0 Å². The Morgan fingerprint density at radius 1 is 1.20 bits per heavy atom. The molecular weight excluding hydrogens is 192 g/mol. The molecule has 0 aliphatic heterocycles. The van der Waals surface area contributed by atoms with Crippen LogP contribution in [-0.2, 0) is 0 Å². The molecule has 4 heteroatoms. The van der Waals surface area contributed by atoms with Gasteiger partial charge < -0.3 is 15.4 Å². The van der Waals surface area contributed by atoms with E-state index in [9.17, 15) is 0 Å². The molecule has 0 fully saturated rings. The van der Waals surface area contributed by atoms with Crippen LogP contribution in [0.25, 0.3) is 11.3 Å². The Labute approximate surface area is 86.6 Å². The van der Waals surface area contributed by atoms with Crippen LogP contribution in [0.2, 0.25) is 0 Å². The zero-order chi connectivity index (χ0) is 10.7. The van der Waals surface area contributed by atoms with Gasteiger partial charge in [-0.3, -0.25) is 0 Å². The standard InChI is InChI=1S/C11H10N2O2/c12-11(13-14)9-5-3-8(4-6-9)10-2-1-7-15-10/h1-7,14H,(H2,12,13). The van der Waals surface area contributed by atoms with Crippen molar-refractivity contribution in [1.29, 1.82) is 0 Å². The highest BCUT2D eigenvalue weighted by molar-refractivity contribution is 5.97. The van der Waals surface area contributed by atoms with Crippen molar-refractivity contribution < 1.29 is 9.62 Å². The number of nitrogens with zero attached hydrogens (tertiary/aromatic N) is 1. The molecule has 0 saturated carbocycles. The molecule has 0 aliphatic rings. The van der Waals surface area contributed by atoms with Crippen LogP contribution in [0, 0.1) is 0 Å². The molecule has 1 aromatic heterocycles. The summed E-state index contributed by atoms with van der Waals surface area (Å²) in [7, 11) is 0. The molecule has 76 valence electrons. The Kier molecular flexibility index (Phi) is 2.41. The molecule has 15 heavy (non-hydrogen) atoms. The van der Waals surface area contributed by atoms with Crippen molar-refractivity contribution in [2.75, 3.05) is 0 Å². The van der Waals surface area contributed by atoms with Crippen LogP contribution in [0.5, 0.6) is 0 Å². The molecule has 0 atom stereocenters. The average Bonchev–Trinajstić information content (AvgIpc) is 2.82. The van der Waals surface area contributed by atoms with Crippen LogP contribution in [0.3, 0.4) is 0 Å². The van der Waals surface area contributed by atoms with Crippen LogP contribution in [0.15, 0.2) is 52.2 Å². The van der Waals surface area contributed by atoms with Crippen LogP contribution in [0.4, 0.5) is 0 Å². The lowest BCUT2D eigenvalue weighted by atomic mass is 10.1. The fourth-order valence-corrected chi connectivity index (χ4v) is 1.31. The van der Waals surface area contributed by atoms with E-state index in [0.29, 0.717) is 5.56 Å². The lowest BCUT2D eigenvalue weighted by molar-refractivity contribution is 0.318. The number of furan rings is 1. The van der Waals surface area contributed by atoms with Crippen molar-refractivity contribution in [2.24, 2.45) is 10.9 Å². The molecule has 4 nitrogen and oxygen atoms in total. The third kappa shape index (κ3) is 1.83. The van der Waals surface area contributed by atoms with Gasteiger partial charge in [0, 0.05) is 11.1 Å². The summed E-state index contributed by atoms with van der Waals surface area (Å²) in [4.78, 5) is 0. The van der Waals surface area contributed by atoms with E-state index in [0.717, 1.165) is 11.3 Å². The number of hydrogen-bond donors (Lipinski definition) is 2. The van der Waals surface area contributed by atoms with Crippen molar-refractivity contribution >= 4 is 5.84 Å². The molecule has 0 radical (unpaired) electrons. The van der Waals surface area contributed by atoms with Gasteiger partial charge in [-0.25, -0.2) is 0 Å². The number of hydrogen-bond acceptors (Lipinski definition) is 3. The van der Waals surface area contributed by atoms with E-state index in [2.05, 4.69) is 5.16 Å². The smallest absolute Gasteiger partial charge is 0.170 e. The lowest BCUT2D eigenvalue weighted by Crippen LogP contribution is -2.12. The topological polar surface area (TPSA) is 71.8 Å². The molecule has 1 heterocycles. The molecule has 3 N–H and O–H groups in total. The second-order valence-corrected chi connectivity index (χ2v) is 3.04. The van der Waals surface area contributed by atoms with Crippen LogP contribution in [-0.4, -0.2) is 11.0 Å². The number of oxime groups is 1. The van der Waals surface area contributed by atoms with Crippen molar-refractivity contribution in [3.63, 3.8) is 0 Å².